The summed E-state index contributed by atoms with van der Waals surface area (Å²) in [6.07, 6.45) is 2.23. The fourth-order valence-electron chi connectivity index (χ4n) is 4.76. The van der Waals surface area contributed by atoms with Gasteiger partial charge < -0.3 is 10.6 Å². The summed E-state index contributed by atoms with van der Waals surface area (Å²) in [6.45, 7) is 6.89. The van der Waals surface area contributed by atoms with E-state index in [1.54, 1.807) is 0 Å². The molecule has 0 radical (unpaired) electrons. The van der Waals surface area contributed by atoms with Crippen LogP contribution < -0.4 is 5.73 Å². The summed E-state index contributed by atoms with van der Waals surface area (Å²) in [4.78, 5) is 17.7. The number of hydrogen-bond donors (Lipinski definition) is 1. The number of nitrogens with two attached hydrogens (primary N) is 1. The first-order valence-corrected chi connectivity index (χ1v) is 13.6. The smallest absolute Gasteiger partial charge is 0.254 e. The number of amides is 1. The molecule has 1 saturated heterocycles. The number of thioether (sulfide) groups is 1. The Kier molecular flexibility index (Phi) is 9.03. The highest BCUT2D eigenvalue weighted by molar-refractivity contribution is 7.98. The van der Waals surface area contributed by atoms with E-state index in [1.165, 1.54) is 5.56 Å². The van der Waals surface area contributed by atoms with Crippen molar-refractivity contribution in [3.05, 3.63) is 83.9 Å². The first kappa shape index (κ1) is 24.8. The zero-order valence-electron chi connectivity index (χ0n) is 20.2. The number of carbonyl (C=O) groups excluding carboxylic acids is 1. The van der Waals surface area contributed by atoms with Gasteiger partial charge in [-0.2, -0.15) is 11.8 Å². The van der Waals surface area contributed by atoms with Crippen LogP contribution in [0, 0.1) is 5.92 Å². The van der Waals surface area contributed by atoms with Gasteiger partial charge in [-0.15, -0.1) is 0 Å². The van der Waals surface area contributed by atoms with Crippen LogP contribution in [-0.4, -0.2) is 60.2 Å². The minimum Gasteiger partial charge on any atom is -0.336 e. The third kappa shape index (κ3) is 6.84. The fourth-order valence-corrected chi connectivity index (χ4v) is 5.75. The van der Waals surface area contributed by atoms with Crippen molar-refractivity contribution < 1.29 is 4.79 Å². The SMILES string of the molecule is CC(CCN1CCN(C(=O)c2cccc3ccccc23)CC1)C[C@@H](N)CSCc1ccccc1. The lowest BCUT2D eigenvalue weighted by molar-refractivity contribution is 0.0632. The van der Waals surface area contributed by atoms with Crippen LogP contribution in [-0.2, 0) is 5.75 Å². The van der Waals surface area contributed by atoms with E-state index in [0.29, 0.717) is 5.92 Å². The molecule has 0 aromatic heterocycles. The van der Waals surface area contributed by atoms with Gasteiger partial charge in [0.05, 0.1) is 0 Å². The van der Waals surface area contributed by atoms with Crippen molar-refractivity contribution in [2.45, 2.75) is 31.6 Å². The van der Waals surface area contributed by atoms with Gasteiger partial charge >= 0.3 is 0 Å². The number of rotatable bonds is 10. The van der Waals surface area contributed by atoms with Gasteiger partial charge in [-0.05, 0) is 47.7 Å². The van der Waals surface area contributed by atoms with Crippen molar-refractivity contribution >= 4 is 28.4 Å². The quantitative estimate of drug-likeness (QED) is 0.434. The zero-order chi connectivity index (χ0) is 23.8. The van der Waals surface area contributed by atoms with Crippen LogP contribution >= 0.6 is 11.8 Å². The number of benzene rings is 3. The van der Waals surface area contributed by atoms with E-state index in [4.69, 9.17) is 5.73 Å². The molecule has 1 heterocycles. The van der Waals surface area contributed by atoms with Crippen LogP contribution in [0.5, 0.6) is 0 Å². The predicted molar refractivity (Wildman–Crippen MR) is 145 cm³/mol. The van der Waals surface area contributed by atoms with Gasteiger partial charge in [0.25, 0.3) is 5.91 Å². The second kappa shape index (κ2) is 12.4. The van der Waals surface area contributed by atoms with E-state index in [2.05, 4.69) is 54.3 Å². The van der Waals surface area contributed by atoms with Gasteiger partial charge in [0.2, 0.25) is 0 Å². The van der Waals surface area contributed by atoms with Gasteiger partial charge in [0.15, 0.2) is 0 Å². The molecule has 0 bridgehead atoms. The molecule has 4 nitrogen and oxygen atoms in total. The molecule has 1 aliphatic rings. The van der Waals surface area contributed by atoms with Crippen LogP contribution in [0.3, 0.4) is 0 Å². The van der Waals surface area contributed by atoms with Crippen molar-refractivity contribution in [3.8, 4) is 0 Å². The molecule has 2 N–H and O–H groups in total. The summed E-state index contributed by atoms with van der Waals surface area (Å²) >= 11 is 1.93. The van der Waals surface area contributed by atoms with Crippen LogP contribution in [0.25, 0.3) is 10.8 Å². The van der Waals surface area contributed by atoms with Gasteiger partial charge in [0, 0.05) is 49.3 Å². The molecule has 180 valence electrons. The van der Waals surface area contributed by atoms with Gasteiger partial charge in [-0.1, -0.05) is 73.7 Å². The Morgan fingerprint density at radius 3 is 2.44 bits per heavy atom. The third-order valence-electron chi connectivity index (χ3n) is 6.77. The van der Waals surface area contributed by atoms with E-state index >= 15 is 0 Å². The number of carbonyl (C=O) groups is 1. The molecular formula is C29H37N3OS. The summed E-state index contributed by atoms with van der Waals surface area (Å²) in [5, 5.41) is 2.17. The molecule has 3 aromatic rings. The normalized spacial score (nSPS) is 16.5. The molecule has 1 fully saturated rings. The lowest BCUT2D eigenvalue weighted by Gasteiger charge is -2.35. The minimum absolute atomic E-state index is 0.156. The van der Waals surface area contributed by atoms with E-state index in [0.717, 1.165) is 73.4 Å². The fraction of sp³-hybridized carbons (Fsp3) is 0.414. The molecule has 4 rings (SSSR count). The van der Waals surface area contributed by atoms with E-state index < -0.39 is 0 Å². The Labute approximate surface area is 208 Å². The van der Waals surface area contributed by atoms with Gasteiger partial charge in [-0.25, -0.2) is 0 Å². The van der Waals surface area contributed by atoms with Crippen LogP contribution in [0.4, 0.5) is 0 Å². The zero-order valence-corrected chi connectivity index (χ0v) is 21.1. The maximum Gasteiger partial charge on any atom is 0.254 e. The Morgan fingerprint density at radius 2 is 1.65 bits per heavy atom. The van der Waals surface area contributed by atoms with Crippen LogP contribution in [0.15, 0.2) is 72.8 Å². The van der Waals surface area contributed by atoms with Crippen molar-refractivity contribution in [2.75, 3.05) is 38.5 Å². The number of hydrogen-bond acceptors (Lipinski definition) is 4. The maximum atomic E-state index is 13.2. The minimum atomic E-state index is 0.156. The molecule has 0 saturated carbocycles. The van der Waals surface area contributed by atoms with E-state index in [1.807, 2.05) is 47.0 Å². The van der Waals surface area contributed by atoms with Crippen LogP contribution in [0.1, 0.15) is 35.7 Å². The molecular weight excluding hydrogens is 438 g/mol. The topological polar surface area (TPSA) is 49.6 Å². The molecule has 0 spiro atoms. The lowest BCUT2D eigenvalue weighted by Crippen LogP contribution is -2.49. The number of fused-ring (bicyclic) bond motifs is 1. The summed E-state index contributed by atoms with van der Waals surface area (Å²) in [6, 6.07) is 25.0. The highest BCUT2D eigenvalue weighted by atomic mass is 32.2. The first-order chi connectivity index (χ1) is 16.6. The Balaban J connectivity index is 1.16. The lowest BCUT2D eigenvalue weighted by atomic mass is 9.99. The Hall–Kier alpha value is -2.34. The summed E-state index contributed by atoms with van der Waals surface area (Å²) in [5.74, 6) is 2.81. The monoisotopic (exact) mass is 475 g/mol. The third-order valence-corrected chi connectivity index (χ3v) is 7.97. The van der Waals surface area contributed by atoms with Crippen molar-refractivity contribution in [2.24, 2.45) is 11.7 Å². The molecule has 2 atom stereocenters. The van der Waals surface area contributed by atoms with Crippen molar-refractivity contribution in [1.82, 2.24) is 9.80 Å². The predicted octanol–water partition coefficient (Wildman–Crippen LogP) is 5.27. The average Bonchev–Trinajstić information content (AvgIpc) is 2.87. The molecule has 1 aliphatic heterocycles. The van der Waals surface area contributed by atoms with Gasteiger partial charge in [0.1, 0.15) is 0 Å². The summed E-state index contributed by atoms with van der Waals surface area (Å²) in [7, 11) is 0. The second-order valence-corrected chi connectivity index (χ2v) is 10.6. The molecule has 0 aliphatic carbocycles. The maximum absolute atomic E-state index is 13.2. The number of nitrogens with zero attached hydrogens (tertiary/aromatic N) is 2. The molecule has 5 heteroatoms. The highest BCUT2D eigenvalue weighted by Crippen LogP contribution is 2.21. The first-order valence-electron chi connectivity index (χ1n) is 12.5. The molecule has 1 amide bonds. The van der Waals surface area contributed by atoms with E-state index in [-0.39, 0.29) is 11.9 Å². The van der Waals surface area contributed by atoms with Crippen molar-refractivity contribution in [1.29, 1.82) is 0 Å². The largest absolute Gasteiger partial charge is 0.336 e. The Morgan fingerprint density at radius 1 is 0.941 bits per heavy atom. The van der Waals surface area contributed by atoms with Crippen molar-refractivity contribution in [3.63, 3.8) is 0 Å². The Bertz CT molecular complexity index is 1040. The standard InChI is InChI=1S/C29H37N3OS/c1-23(20-26(30)22-34-21-24-8-3-2-4-9-24)14-15-31-16-18-32(19-17-31)29(33)28-13-7-11-25-10-5-6-12-27(25)28/h2-13,23,26H,14-22,30H2,1H3/t23?,26-/m1/s1. The molecule has 3 aromatic carbocycles. The number of piperazine rings is 1. The summed E-state index contributed by atoms with van der Waals surface area (Å²) in [5.41, 5.74) is 8.60. The molecule has 1 unspecified atom stereocenters. The highest BCUT2D eigenvalue weighted by Gasteiger charge is 2.23. The second-order valence-electron chi connectivity index (χ2n) is 9.55. The molecule has 34 heavy (non-hydrogen) atoms. The van der Waals surface area contributed by atoms with E-state index in [9.17, 15) is 4.79 Å². The average molecular weight is 476 g/mol. The summed E-state index contributed by atoms with van der Waals surface area (Å²) < 4.78 is 0. The van der Waals surface area contributed by atoms with Gasteiger partial charge in [-0.3, -0.25) is 9.69 Å². The van der Waals surface area contributed by atoms with Crippen LogP contribution in [0.2, 0.25) is 0 Å².